The lowest BCUT2D eigenvalue weighted by Gasteiger charge is -2.21. The summed E-state index contributed by atoms with van der Waals surface area (Å²) in [7, 11) is 1.76. The topological polar surface area (TPSA) is 34.2 Å². The average molecular weight is 290 g/mol. The number of aryl methyl sites for hydroxylation is 1. The maximum atomic E-state index is 5.54. The molecule has 3 heteroatoms. The highest BCUT2D eigenvalue weighted by atomic mass is 16.5. The lowest BCUT2D eigenvalue weighted by Crippen LogP contribution is -2.30. The van der Waals surface area contributed by atoms with E-state index in [2.05, 4.69) is 31.1 Å². The van der Waals surface area contributed by atoms with E-state index in [1.54, 1.807) is 7.11 Å². The Balaban J connectivity index is 2.09. The van der Waals surface area contributed by atoms with Gasteiger partial charge in [0.15, 0.2) is 0 Å². The third kappa shape index (κ3) is 4.19. The van der Waals surface area contributed by atoms with Gasteiger partial charge in [0.05, 0.1) is 7.11 Å². The molecule has 21 heavy (non-hydrogen) atoms. The Morgan fingerprint density at radius 3 is 2.76 bits per heavy atom. The molecule has 0 bridgehead atoms. The second-order valence-electron chi connectivity index (χ2n) is 6.39. The fraction of sp³-hybridized carbons (Fsp3) is 0.722. The maximum Gasteiger partial charge on any atom is 0.128 e. The Kier molecular flexibility index (Phi) is 6.04. The first-order valence-corrected chi connectivity index (χ1v) is 8.38. The summed E-state index contributed by atoms with van der Waals surface area (Å²) < 4.78 is 5.54. The van der Waals surface area contributed by atoms with Crippen molar-refractivity contribution in [3.05, 3.63) is 23.0 Å². The van der Waals surface area contributed by atoms with Crippen molar-refractivity contribution in [2.75, 3.05) is 13.7 Å². The van der Waals surface area contributed by atoms with Crippen LogP contribution in [0.4, 0.5) is 0 Å². The van der Waals surface area contributed by atoms with E-state index in [0.717, 1.165) is 30.2 Å². The Morgan fingerprint density at radius 2 is 2.05 bits per heavy atom. The zero-order valence-corrected chi connectivity index (χ0v) is 14.0. The van der Waals surface area contributed by atoms with Gasteiger partial charge < -0.3 is 10.1 Å². The van der Waals surface area contributed by atoms with Crippen LogP contribution in [0.3, 0.4) is 0 Å². The van der Waals surface area contributed by atoms with Gasteiger partial charge in [0.25, 0.3) is 0 Å². The first-order valence-electron chi connectivity index (χ1n) is 8.38. The van der Waals surface area contributed by atoms with Crippen molar-refractivity contribution >= 4 is 0 Å². The first kappa shape index (κ1) is 16.3. The van der Waals surface area contributed by atoms with Gasteiger partial charge in [-0.25, -0.2) is 0 Å². The molecule has 1 fully saturated rings. The maximum absolute atomic E-state index is 5.54. The average Bonchev–Trinajstić information content (AvgIpc) is 2.68. The first-order chi connectivity index (χ1) is 10.2. The molecule has 0 aliphatic heterocycles. The summed E-state index contributed by atoms with van der Waals surface area (Å²) in [5, 5.41) is 3.64. The highest BCUT2D eigenvalue weighted by Gasteiger charge is 2.21. The number of hydrogen-bond acceptors (Lipinski definition) is 3. The number of ether oxygens (including phenoxy) is 1. The Bertz CT molecular complexity index is 459. The molecule has 0 amide bonds. The van der Waals surface area contributed by atoms with E-state index in [1.807, 2.05) is 6.20 Å². The van der Waals surface area contributed by atoms with Crippen molar-refractivity contribution in [2.24, 2.45) is 5.92 Å². The van der Waals surface area contributed by atoms with Crippen LogP contribution in [0.1, 0.15) is 55.8 Å². The van der Waals surface area contributed by atoms with Crippen LogP contribution in [-0.2, 0) is 6.42 Å². The van der Waals surface area contributed by atoms with Gasteiger partial charge in [0.2, 0.25) is 0 Å². The van der Waals surface area contributed by atoms with E-state index in [1.165, 1.54) is 43.4 Å². The minimum absolute atomic E-state index is 0.690. The molecule has 1 heterocycles. The molecule has 1 N–H and O–H groups in total. The SMILES string of the molecule is CCNC1CCCCC(Cc2ncc(C)c(OC)c2C)C1. The normalized spacial score (nSPS) is 22.9. The smallest absolute Gasteiger partial charge is 0.128 e. The van der Waals surface area contributed by atoms with Crippen LogP contribution in [0.25, 0.3) is 0 Å². The number of methoxy groups -OCH3 is 1. The van der Waals surface area contributed by atoms with Crippen molar-refractivity contribution in [3.63, 3.8) is 0 Å². The molecule has 118 valence electrons. The molecule has 1 aromatic heterocycles. The van der Waals surface area contributed by atoms with Crippen LogP contribution in [0, 0.1) is 19.8 Å². The Labute approximate surface area is 129 Å². The number of nitrogens with one attached hydrogen (secondary N) is 1. The van der Waals surface area contributed by atoms with Gasteiger partial charge in [0.1, 0.15) is 5.75 Å². The van der Waals surface area contributed by atoms with Gasteiger partial charge in [-0.15, -0.1) is 0 Å². The van der Waals surface area contributed by atoms with Crippen molar-refractivity contribution in [1.29, 1.82) is 0 Å². The van der Waals surface area contributed by atoms with Gasteiger partial charge in [-0.2, -0.15) is 0 Å². The molecule has 2 rings (SSSR count). The standard InChI is InChI=1S/C18H30N2O/c1-5-19-16-9-7-6-8-15(10-16)11-17-14(3)18(21-4)13(2)12-20-17/h12,15-16,19H,5-11H2,1-4H3. The third-order valence-corrected chi connectivity index (χ3v) is 4.76. The lowest BCUT2D eigenvalue weighted by molar-refractivity contribution is 0.382. The Morgan fingerprint density at radius 1 is 1.29 bits per heavy atom. The molecule has 0 radical (unpaired) electrons. The van der Waals surface area contributed by atoms with Gasteiger partial charge in [-0.05, 0) is 45.6 Å². The second kappa shape index (κ2) is 7.79. The molecule has 3 nitrogen and oxygen atoms in total. The van der Waals surface area contributed by atoms with Crippen LogP contribution in [0.15, 0.2) is 6.20 Å². The second-order valence-corrected chi connectivity index (χ2v) is 6.39. The predicted molar refractivity (Wildman–Crippen MR) is 88.0 cm³/mol. The number of rotatable bonds is 5. The summed E-state index contributed by atoms with van der Waals surface area (Å²) in [6.45, 7) is 7.49. The monoisotopic (exact) mass is 290 g/mol. The van der Waals surface area contributed by atoms with E-state index in [-0.39, 0.29) is 0 Å². The highest BCUT2D eigenvalue weighted by molar-refractivity contribution is 5.41. The highest BCUT2D eigenvalue weighted by Crippen LogP contribution is 2.30. The van der Waals surface area contributed by atoms with E-state index < -0.39 is 0 Å². The molecule has 2 atom stereocenters. The summed E-state index contributed by atoms with van der Waals surface area (Å²) in [6.07, 6.45) is 9.70. The fourth-order valence-corrected chi connectivity index (χ4v) is 3.67. The number of hydrogen-bond donors (Lipinski definition) is 1. The molecular formula is C18H30N2O. The van der Waals surface area contributed by atoms with E-state index in [9.17, 15) is 0 Å². The summed E-state index contributed by atoms with van der Waals surface area (Å²) >= 11 is 0. The van der Waals surface area contributed by atoms with Crippen LogP contribution in [-0.4, -0.2) is 24.7 Å². The molecule has 0 saturated heterocycles. The number of pyridine rings is 1. The van der Waals surface area contributed by atoms with Crippen molar-refractivity contribution in [1.82, 2.24) is 10.3 Å². The number of aromatic nitrogens is 1. The molecule has 0 spiro atoms. The van der Waals surface area contributed by atoms with E-state index in [4.69, 9.17) is 4.74 Å². The quantitative estimate of drug-likeness (QED) is 0.837. The minimum Gasteiger partial charge on any atom is -0.496 e. The Hall–Kier alpha value is -1.09. The summed E-state index contributed by atoms with van der Waals surface area (Å²) in [5.41, 5.74) is 3.58. The third-order valence-electron chi connectivity index (χ3n) is 4.76. The molecule has 1 aliphatic rings. The van der Waals surface area contributed by atoms with Gasteiger partial charge in [-0.3, -0.25) is 4.98 Å². The van der Waals surface area contributed by atoms with E-state index >= 15 is 0 Å². The van der Waals surface area contributed by atoms with Crippen molar-refractivity contribution in [3.8, 4) is 5.75 Å². The van der Waals surface area contributed by atoms with Crippen LogP contribution in [0.5, 0.6) is 5.75 Å². The van der Waals surface area contributed by atoms with Gasteiger partial charge in [-0.1, -0.05) is 26.2 Å². The molecule has 1 aromatic rings. The largest absolute Gasteiger partial charge is 0.496 e. The van der Waals surface area contributed by atoms with Crippen molar-refractivity contribution < 1.29 is 4.74 Å². The molecule has 0 aromatic carbocycles. The van der Waals surface area contributed by atoms with Gasteiger partial charge in [0, 0.05) is 29.1 Å². The molecule has 1 saturated carbocycles. The molecule has 1 aliphatic carbocycles. The molecule has 2 unspecified atom stereocenters. The van der Waals surface area contributed by atoms with Crippen LogP contribution >= 0.6 is 0 Å². The number of nitrogens with zero attached hydrogens (tertiary/aromatic N) is 1. The summed E-state index contributed by atoms with van der Waals surface area (Å²) in [6, 6.07) is 0.690. The minimum atomic E-state index is 0.690. The van der Waals surface area contributed by atoms with Crippen LogP contribution in [0.2, 0.25) is 0 Å². The summed E-state index contributed by atoms with van der Waals surface area (Å²) in [4.78, 5) is 4.68. The van der Waals surface area contributed by atoms with E-state index in [0.29, 0.717) is 6.04 Å². The molecular weight excluding hydrogens is 260 g/mol. The lowest BCUT2D eigenvalue weighted by atomic mass is 9.91. The zero-order valence-electron chi connectivity index (χ0n) is 14.0. The fourth-order valence-electron chi connectivity index (χ4n) is 3.67. The van der Waals surface area contributed by atoms with Gasteiger partial charge >= 0.3 is 0 Å². The van der Waals surface area contributed by atoms with Crippen LogP contribution < -0.4 is 10.1 Å². The predicted octanol–water partition coefficient (Wildman–Crippen LogP) is 3.81. The zero-order chi connectivity index (χ0) is 15.2. The van der Waals surface area contributed by atoms with Crippen molar-refractivity contribution in [2.45, 2.75) is 65.3 Å². The summed E-state index contributed by atoms with van der Waals surface area (Å²) in [5.74, 6) is 1.76.